The molecule has 37 heavy (non-hydrogen) atoms. The fourth-order valence-corrected chi connectivity index (χ4v) is 5.16. The van der Waals surface area contributed by atoms with Crippen LogP contribution in [0.4, 0.5) is 4.39 Å². The molecule has 4 rings (SSSR count). The first-order valence-electron chi connectivity index (χ1n) is 13.3. The van der Waals surface area contributed by atoms with Crippen LogP contribution < -0.4 is 5.32 Å². The van der Waals surface area contributed by atoms with E-state index >= 15 is 0 Å². The highest BCUT2D eigenvalue weighted by Crippen LogP contribution is 2.22. The van der Waals surface area contributed by atoms with Crippen molar-refractivity contribution >= 4 is 11.8 Å². The lowest BCUT2D eigenvalue weighted by molar-refractivity contribution is -0.141. The molecule has 1 saturated carbocycles. The van der Waals surface area contributed by atoms with Crippen molar-refractivity contribution in [1.82, 2.24) is 10.2 Å². The Hall–Kier alpha value is -3.47. The molecule has 1 aliphatic rings. The lowest BCUT2D eigenvalue weighted by Gasteiger charge is -2.33. The number of halogens is 1. The topological polar surface area (TPSA) is 49.4 Å². The zero-order valence-corrected chi connectivity index (χ0v) is 21.9. The van der Waals surface area contributed by atoms with E-state index in [1.54, 1.807) is 23.1 Å². The molecule has 1 fully saturated rings. The molecule has 5 heteroatoms. The quantitative estimate of drug-likeness (QED) is 0.387. The molecule has 0 aromatic heterocycles. The van der Waals surface area contributed by atoms with Gasteiger partial charge < -0.3 is 10.2 Å². The maximum atomic E-state index is 14.8. The Labute approximate surface area is 219 Å². The summed E-state index contributed by atoms with van der Waals surface area (Å²) < 4.78 is 14.8. The summed E-state index contributed by atoms with van der Waals surface area (Å²) in [5.74, 6) is -0.726. The Morgan fingerprint density at radius 2 is 1.62 bits per heavy atom. The number of nitrogens with zero attached hydrogens (tertiary/aromatic N) is 1. The van der Waals surface area contributed by atoms with E-state index < -0.39 is 6.04 Å². The smallest absolute Gasteiger partial charge is 0.243 e. The number of carbonyl (C=O) groups is 2. The molecule has 0 saturated heterocycles. The van der Waals surface area contributed by atoms with Crippen LogP contribution >= 0.6 is 0 Å². The summed E-state index contributed by atoms with van der Waals surface area (Å²) in [4.78, 5) is 29.3. The highest BCUT2D eigenvalue weighted by Gasteiger charge is 2.32. The number of hydrogen-bond acceptors (Lipinski definition) is 2. The van der Waals surface area contributed by atoms with Gasteiger partial charge in [0, 0.05) is 24.6 Å². The van der Waals surface area contributed by atoms with Gasteiger partial charge in [0.25, 0.3) is 0 Å². The van der Waals surface area contributed by atoms with Crippen LogP contribution in [-0.4, -0.2) is 28.8 Å². The van der Waals surface area contributed by atoms with Crippen LogP contribution in [-0.2, 0) is 29.0 Å². The molecule has 3 aromatic carbocycles. The number of benzene rings is 3. The largest absolute Gasteiger partial charge is 0.352 e. The molecule has 0 spiro atoms. The van der Waals surface area contributed by atoms with Crippen molar-refractivity contribution in [3.05, 3.63) is 106 Å². The van der Waals surface area contributed by atoms with Gasteiger partial charge in [-0.3, -0.25) is 9.59 Å². The molecule has 2 amide bonds. The van der Waals surface area contributed by atoms with Gasteiger partial charge in [0.15, 0.2) is 0 Å². The molecule has 0 heterocycles. The number of carbonyl (C=O) groups excluding carboxylic acids is 2. The molecule has 0 radical (unpaired) electrons. The predicted octanol–water partition coefficient (Wildman–Crippen LogP) is 6.07. The zero-order chi connectivity index (χ0) is 26.2. The number of hydrogen-bond donors (Lipinski definition) is 1. The number of rotatable bonds is 9. The second kappa shape index (κ2) is 12.7. The molecule has 0 aliphatic heterocycles. The third kappa shape index (κ3) is 7.28. The summed E-state index contributed by atoms with van der Waals surface area (Å²) in [6, 6.07) is 21.6. The molecular weight excluding hydrogens is 463 g/mol. The third-order valence-electron chi connectivity index (χ3n) is 7.37. The first kappa shape index (κ1) is 26.6. The van der Waals surface area contributed by atoms with E-state index in [9.17, 15) is 14.0 Å². The van der Waals surface area contributed by atoms with E-state index in [1.807, 2.05) is 62.4 Å². The SMILES string of the molecule is Cc1ccc(C)c(CC(=O)N(Cc2ccccc2F)C(Cc2ccccc2)C(=O)NC2CCCCC2)c1. The maximum absolute atomic E-state index is 14.8. The van der Waals surface area contributed by atoms with Crippen molar-refractivity contribution in [2.45, 2.75) is 77.4 Å². The minimum absolute atomic E-state index is 0.0337. The second-order valence-electron chi connectivity index (χ2n) is 10.3. The second-order valence-corrected chi connectivity index (χ2v) is 10.3. The van der Waals surface area contributed by atoms with Gasteiger partial charge in [-0.15, -0.1) is 0 Å². The maximum Gasteiger partial charge on any atom is 0.243 e. The van der Waals surface area contributed by atoms with Gasteiger partial charge in [0.05, 0.1) is 6.42 Å². The normalized spacial score (nSPS) is 14.7. The number of nitrogens with one attached hydrogen (secondary N) is 1. The summed E-state index contributed by atoms with van der Waals surface area (Å²) in [5.41, 5.74) is 4.39. The average molecular weight is 501 g/mol. The molecule has 0 bridgehead atoms. The van der Waals surface area contributed by atoms with Crippen molar-refractivity contribution in [3.63, 3.8) is 0 Å². The molecule has 3 aromatic rings. The summed E-state index contributed by atoms with van der Waals surface area (Å²) in [6.07, 6.45) is 5.81. The third-order valence-corrected chi connectivity index (χ3v) is 7.37. The van der Waals surface area contributed by atoms with Gasteiger partial charge in [-0.2, -0.15) is 0 Å². The minimum Gasteiger partial charge on any atom is -0.352 e. The summed E-state index contributed by atoms with van der Waals surface area (Å²) in [5, 5.41) is 3.23. The number of aryl methyl sites for hydroxylation is 2. The summed E-state index contributed by atoms with van der Waals surface area (Å²) >= 11 is 0. The lowest BCUT2D eigenvalue weighted by Crippen LogP contribution is -2.53. The van der Waals surface area contributed by atoms with Gasteiger partial charge >= 0.3 is 0 Å². The highest BCUT2D eigenvalue weighted by atomic mass is 19.1. The Balaban J connectivity index is 1.68. The van der Waals surface area contributed by atoms with E-state index in [0.717, 1.165) is 47.9 Å². The molecule has 4 nitrogen and oxygen atoms in total. The van der Waals surface area contributed by atoms with E-state index in [1.165, 1.54) is 12.5 Å². The van der Waals surface area contributed by atoms with Crippen LogP contribution in [0.15, 0.2) is 72.8 Å². The minimum atomic E-state index is -0.749. The van der Waals surface area contributed by atoms with Crippen LogP contribution in [0.25, 0.3) is 0 Å². The van der Waals surface area contributed by atoms with Crippen molar-refractivity contribution in [1.29, 1.82) is 0 Å². The van der Waals surface area contributed by atoms with Gasteiger partial charge in [0.2, 0.25) is 11.8 Å². The Morgan fingerprint density at radius 1 is 0.919 bits per heavy atom. The van der Waals surface area contributed by atoms with E-state index in [0.29, 0.717) is 12.0 Å². The molecular formula is C32H37FN2O2. The highest BCUT2D eigenvalue weighted by molar-refractivity contribution is 5.89. The van der Waals surface area contributed by atoms with E-state index in [2.05, 4.69) is 5.32 Å². The first-order valence-corrected chi connectivity index (χ1v) is 13.3. The van der Waals surface area contributed by atoms with Crippen molar-refractivity contribution in [2.24, 2.45) is 0 Å². The van der Waals surface area contributed by atoms with E-state index in [-0.39, 0.29) is 36.6 Å². The van der Waals surface area contributed by atoms with Crippen LogP contribution in [0.5, 0.6) is 0 Å². The van der Waals surface area contributed by atoms with Gasteiger partial charge in [-0.1, -0.05) is 91.6 Å². The van der Waals surface area contributed by atoms with E-state index in [4.69, 9.17) is 0 Å². The molecule has 1 unspecified atom stereocenters. The standard InChI is InChI=1S/C32H37FN2O2/c1-23-17-18-24(2)27(19-23)21-31(36)35(22-26-13-9-10-16-29(26)33)30(20-25-11-5-3-6-12-25)32(37)34-28-14-7-4-8-15-28/h3,5-6,9-13,16-19,28,30H,4,7-8,14-15,20-22H2,1-2H3,(H,34,37). The van der Waals surface area contributed by atoms with Gasteiger partial charge in [-0.05, 0) is 49.4 Å². The van der Waals surface area contributed by atoms with Crippen LogP contribution in [0.3, 0.4) is 0 Å². The van der Waals surface area contributed by atoms with Crippen LogP contribution in [0.1, 0.15) is 59.9 Å². The van der Waals surface area contributed by atoms with Gasteiger partial charge in [-0.25, -0.2) is 4.39 Å². The fraction of sp³-hybridized carbons (Fsp3) is 0.375. The van der Waals surface area contributed by atoms with Crippen molar-refractivity contribution in [3.8, 4) is 0 Å². The van der Waals surface area contributed by atoms with Crippen molar-refractivity contribution in [2.75, 3.05) is 0 Å². The number of amides is 2. The molecule has 194 valence electrons. The Morgan fingerprint density at radius 3 is 2.35 bits per heavy atom. The van der Waals surface area contributed by atoms with Gasteiger partial charge in [0.1, 0.15) is 11.9 Å². The predicted molar refractivity (Wildman–Crippen MR) is 146 cm³/mol. The monoisotopic (exact) mass is 500 g/mol. The lowest BCUT2D eigenvalue weighted by atomic mass is 9.94. The molecule has 1 N–H and O–H groups in total. The molecule has 1 atom stereocenters. The summed E-state index contributed by atoms with van der Waals surface area (Å²) in [6.45, 7) is 4.02. The van der Waals surface area contributed by atoms with Crippen molar-refractivity contribution < 1.29 is 14.0 Å². The fourth-order valence-electron chi connectivity index (χ4n) is 5.16. The first-order chi connectivity index (χ1) is 17.9. The Kier molecular flexibility index (Phi) is 9.10. The molecule has 1 aliphatic carbocycles. The zero-order valence-electron chi connectivity index (χ0n) is 21.9. The Bertz CT molecular complexity index is 1200. The van der Waals surface area contributed by atoms with Crippen LogP contribution in [0, 0.1) is 19.7 Å². The summed E-state index contributed by atoms with van der Waals surface area (Å²) in [7, 11) is 0. The van der Waals surface area contributed by atoms with Crippen LogP contribution in [0.2, 0.25) is 0 Å². The average Bonchev–Trinajstić information content (AvgIpc) is 2.90.